The first kappa shape index (κ1) is 15.0. The quantitative estimate of drug-likeness (QED) is 0.721. The zero-order valence-corrected chi connectivity index (χ0v) is 12.2. The second kappa shape index (κ2) is 7.38. The molecule has 0 amide bonds. The Morgan fingerprint density at radius 1 is 1.12 bits per heavy atom. The van der Waals surface area contributed by atoms with Gasteiger partial charge in [-0.05, 0) is 45.2 Å². The first-order chi connectivity index (χ1) is 8.10. The Kier molecular flexibility index (Phi) is 6.50. The highest BCUT2D eigenvalue weighted by Crippen LogP contribution is 2.31. The maximum absolute atomic E-state index is 6.10. The lowest BCUT2D eigenvalue weighted by Crippen LogP contribution is -2.52. The van der Waals surface area contributed by atoms with Crippen LogP contribution in [0.4, 0.5) is 0 Å². The summed E-state index contributed by atoms with van der Waals surface area (Å²) in [6.45, 7) is 6.68. The molecule has 0 spiro atoms. The summed E-state index contributed by atoms with van der Waals surface area (Å²) in [5.41, 5.74) is 6.41. The van der Waals surface area contributed by atoms with Crippen LogP contribution in [-0.2, 0) is 0 Å². The maximum Gasteiger partial charge on any atom is 0.0328 e. The summed E-state index contributed by atoms with van der Waals surface area (Å²) in [6, 6.07) is 0. The van der Waals surface area contributed by atoms with Crippen molar-refractivity contribution in [3.05, 3.63) is 0 Å². The number of likely N-dealkylation sites (N-methyl/N-ethyl adjacent to an activating group) is 1. The summed E-state index contributed by atoms with van der Waals surface area (Å²) >= 11 is 0. The highest BCUT2D eigenvalue weighted by atomic mass is 15.2. The highest BCUT2D eigenvalue weighted by molar-refractivity contribution is 4.91. The number of hydrogen-bond acceptors (Lipinski definition) is 2. The van der Waals surface area contributed by atoms with Crippen molar-refractivity contribution in [2.24, 2.45) is 11.7 Å². The third-order valence-electron chi connectivity index (χ3n) is 4.50. The zero-order chi connectivity index (χ0) is 12.7. The van der Waals surface area contributed by atoms with Gasteiger partial charge in [-0.25, -0.2) is 0 Å². The molecule has 2 N–H and O–H groups in total. The van der Waals surface area contributed by atoms with E-state index in [1.807, 2.05) is 0 Å². The van der Waals surface area contributed by atoms with Gasteiger partial charge in [0, 0.05) is 12.1 Å². The smallest absolute Gasteiger partial charge is 0.0328 e. The van der Waals surface area contributed by atoms with Gasteiger partial charge in [0.25, 0.3) is 0 Å². The van der Waals surface area contributed by atoms with Gasteiger partial charge in [-0.3, -0.25) is 4.90 Å². The van der Waals surface area contributed by atoms with Gasteiger partial charge in [0.15, 0.2) is 0 Å². The Morgan fingerprint density at radius 2 is 1.71 bits per heavy atom. The Balaban J connectivity index is 2.46. The van der Waals surface area contributed by atoms with Gasteiger partial charge in [0.05, 0.1) is 0 Å². The van der Waals surface area contributed by atoms with Gasteiger partial charge in [-0.2, -0.15) is 0 Å². The molecule has 0 saturated heterocycles. The minimum Gasteiger partial charge on any atom is -0.329 e. The molecule has 1 aliphatic carbocycles. The average Bonchev–Trinajstić information content (AvgIpc) is 2.54. The van der Waals surface area contributed by atoms with Crippen molar-refractivity contribution in [3.8, 4) is 0 Å². The van der Waals surface area contributed by atoms with Crippen LogP contribution in [-0.4, -0.2) is 30.6 Å². The van der Waals surface area contributed by atoms with Crippen LogP contribution in [0.1, 0.15) is 65.2 Å². The van der Waals surface area contributed by atoms with Crippen LogP contribution in [0.25, 0.3) is 0 Å². The summed E-state index contributed by atoms with van der Waals surface area (Å²) < 4.78 is 0. The van der Waals surface area contributed by atoms with E-state index in [-0.39, 0.29) is 0 Å². The summed E-state index contributed by atoms with van der Waals surface area (Å²) in [7, 11) is 2.29. The van der Waals surface area contributed by atoms with Gasteiger partial charge in [-0.15, -0.1) is 0 Å². The van der Waals surface area contributed by atoms with Gasteiger partial charge in [0.1, 0.15) is 0 Å². The van der Waals surface area contributed by atoms with Crippen molar-refractivity contribution in [3.63, 3.8) is 0 Å². The van der Waals surface area contributed by atoms with Gasteiger partial charge in [0.2, 0.25) is 0 Å². The van der Waals surface area contributed by atoms with E-state index in [4.69, 9.17) is 5.73 Å². The number of nitrogens with zero attached hydrogens (tertiary/aromatic N) is 1. The minimum atomic E-state index is 0.313. The predicted octanol–water partition coefficient (Wildman–Crippen LogP) is 3.41. The van der Waals surface area contributed by atoms with Crippen LogP contribution in [0, 0.1) is 5.92 Å². The molecular formula is C15H32N2. The van der Waals surface area contributed by atoms with E-state index >= 15 is 0 Å². The molecular weight excluding hydrogens is 208 g/mol. The standard InChI is InChI=1S/C15H32N2/c1-14(2)9-8-12-17(3)15(13-16)10-6-4-5-7-11-15/h14H,4-13,16H2,1-3H3. The molecule has 2 nitrogen and oxygen atoms in total. The van der Waals surface area contributed by atoms with E-state index in [2.05, 4.69) is 25.8 Å². The SMILES string of the molecule is CC(C)CCCN(C)C1(CN)CCCCCC1. The van der Waals surface area contributed by atoms with E-state index in [9.17, 15) is 0 Å². The van der Waals surface area contributed by atoms with Crippen molar-refractivity contribution in [2.45, 2.75) is 70.8 Å². The van der Waals surface area contributed by atoms with E-state index in [1.165, 1.54) is 57.9 Å². The summed E-state index contributed by atoms with van der Waals surface area (Å²) in [5, 5.41) is 0. The molecule has 0 heterocycles. The number of nitrogens with two attached hydrogens (primary N) is 1. The molecule has 0 aliphatic heterocycles. The van der Waals surface area contributed by atoms with Crippen molar-refractivity contribution in [1.82, 2.24) is 4.90 Å². The van der Waals surface area contributed by atoms with Crippen molar-refractivity contribution in [1.29, 1.82) is 0 Å². The van der Waals surface area contributed by atoms with Crippen LogP contribution in [0.2, 0.25) is 0 Å². The number of hydrogen-bond donors (Lipinski definition) is 1. The molecule has 0 bridgehead atoms. The topological polar surface area (TPSA) is 29.3 Å². The molecule has 1 saturated carbocycles. The molecule has 17 heavy (non-hydrogen) atoms. The Labute approximate surface area is 108 Å². The first-order valence-electron chi connectivity index (χ1n) is 7.52. The summed E-state index contributed by atoms with van der Waals surface area (Å²) in [5.74, 6) is 0.825. The van der Waals surface area contributed by atoms with E-state index in [0.717, 1.165) is 12.5 Å². The molecule has 1 aliphatic rings. The molecule has 0 atom stereocenters. The van der Waals surface area contributed by atoms with Crippen LogP contribution >= 0.6 is 0 Å². The lowest BCUT2D eigenvalue weighted by molar-refractivity contribution is 0.104. The van der Waals surface area contributed by atoms with Crippen molar-refractivity contribution in [2.75, 3.05) is 20.1 Å². The van der Waals surface area contributed by atoms with Crippen LogP contribution in [0.15, 0.2) is 0 Å². The molecule has 1 rings (SSSR count). The van der Waals surface area contributed by atoms with Crippen molar-refractivity contribution >= 4 is 0 Å². The van der Waals surface area contributed by atoms with Crippen LogP contribution in [0.5, 0.6) is 0 Å². The van der Waals surface area contributed by atoms with E-state index in [0.29, 0.717) is 5.54 Å². The number of rotatable bonds is 6. The van der Waals surface area contributed by atoms with Gasteiger partial charge >= 0.3 is 0 Å². The van der Waals surface area contributed by atoms with Gasteiger partial charge < -0.3 is 5.73 Å². The first-order valence-corrected chi connectivity index (χ1v) is 7.52. The average molecular weight is 240 g/mol. The highest BCUT2D eigenvalue weighted by Gasteiger charge is 2.33. The molecule has 0 aromatic heterocycles. The fourth-order valence-corrected chi connectivity index (χ4v) is 3.10. The minimum absolute atomic E-state index is 0.313. The fourth-order valence-electron chi connectivity index (χ4n) is 3.10. The molecule has 0 radical (unpaired) electrons. The second-order valence-electron chi connectivity index (χ2n) is 6.30. The summed E-state index contributed by atoms with van der Waals surface area (Å²) in [6.07, 6.45) is 10.8. The monoisotopic (exact) mass is 240 g/mol. The van der Waals surface area contributed by atoms with Crippen LogP contribution < -0.4 is 5.73 Å². The molecule has 0 aromatic rings. The third kappa shape index (κ3) is 4.59. The third-order valence-corrected chi connectivity index (χ3v) is 4.50. The lowest BCUT2D eigenvalue weighted by atomic mass is 9.88. The largest absolute Gasteiger partial charge is 0.329 e. The van der Waals surface area contributed by atoms with Crippen LogP contribution in [0.3, 0.4) is 0 Å². The maximum atomic E-state index is 6.10. The Hall–Kier alpha value is -0.0800. The Morgan fingerprint density at radius 3 is 2.18 bits per heavy atom. The van der Waals surface area contributed by atoms with E-state index in [1.54, 1.807) is 0 Å². The molecule has 2 heteroatoms. The van der Waals surface area contributed by atoms with E-state index < -0.39 is 0 Å². The normalized spacial score (nSPS) is 20.8. The molecule has 102 valence electrons. The fraction of sp³-hybridized carbons (Fsp3) is 1.00. The van der Waals surface area contributed by atoms with Crippen molar-refractivity contribution < 1.29 is 0 Å². The molecule has 0 unspecified atom stereocenters. The second-order valence-corrected chi connectivity index (χ2v) is 6.30. The molecule has 1 fully saturated rings. The lowest BCUT2D eigenvalue weighted by Gasteiger charge is -2.41. The predicted molar refractivity (Wildman–Crippen MR) is 76.2 cm³/mol. The van der Waals surface area contributed by atoms with Gasteiger partial charge in [-0.1, -0.05) is 39.5 Å². The Bertz CT molecular complexity index is 193. The molecule has 0 aromatic carbocycles. The zero-order valence-electron chi connectivity index (χ0n) is 12.2. The summed E-state index contributed by atoms with van der Waals surface area (Å²) in [4.78, 5) is 2.57.